The maximum Gasteiger partial charge on any atom is 0.250 e. The number of nitrogens with zero attached hydrogens (tertiary/aromatic N) is 3. The Morgan fingerprint density at radius 3 is 2.85 bits per heavy atom. The third kappa shape index (κ3) is 3.06. The third-order valence-corrected chi connectivity index (χ3v) is 7.99. The number of aromatic nitrogens is 1. The number of rotatable bonds is 3. The summed E-state index contributed by atoms with van der Waals surface area (Å²) in [5.41, 5.74) is 6.48. The standard InChI is InChI=1S/C27H29N5O2/c1-3-27(19-6-4-5-18(13-19)20-7-10-28-15-17(20)2)21-16-29-32-24(21)30-22-14-26(8-11-34-12-9-26)31-25(33)23(22)27/h4-7,10,13,15-16,24,30H,3,8-9,11-12,14H2,1-2H3,(H,31,33)/t24?,27-/m0/s1. The van der Waals surface area contributed by atoms with E-state index in [1.165, 1.54) is 0 Å². The van der Waals surface area contributed by atoms with E-state index < -0.39 is 5.41 Å². The Labute approximate surface area is 199 Å². The Morgan fingerprint density at radius 1 is 1.21 bits per heavy atom. The van der Waals surface area contributed by atoms with Gasteiger partial charge in [-0.1, -0.05) is 25.1 Å². The smallest absolute Gasteiger partial charge is 0.250 e. The zero-order valence-corrected chi connectivity index (χ0v) is 19.6. The Kier molecular flexibility index (Phi) is 4.92. The van der Waals surface area contributed by atoms with Crippen molar-refractivity contribution >= 4 is 5.91 Å². The molecule has 0 radical (unpaired) electrons. The highest BCUT2D eigenvalue weighted by Crippen LogP contribution is 2.52. The summed E-state index contributed by atoms with van der Waals surface area (Å²) in [5, 5.41) is 15.8. The van der Waals surface area contributed by atoms with Crippen molar-refractivity contribution in [3.05, 3.63) is 76.9 Å². The van der Waals surface area contributed by atoms with Gasteiger partial charge >= 0.3 is 0 Å². The Morgan fingerprint density at radius 2 is 2.06 bits per heavy atom. The molecule has 1 saturated heterocycles. The highest BCUT2D eigenvalue weighted by molar-refractivity contribution is 6.00. The molecule has 1 spiro atoms. The topological polar surface area (TPSA) is 88.0 Å². The highest BCUT2D eigenvalue weighted by Gasteiger charge is 2.54. The fraction of sp³-hybridized carbons (Fsp3) is 0.407. The minimum absolute atomic E-state index is 0.00856. The first-order chi connectivity index (χ1) is 16.6. The van der Waals surface area contributed by atoms with Gasteiger partial charge in [0.15, 0.2) is 6.17 Å². The molecule has 6 rings (SSSR count). The second-order valence-corrected chi connectivity index (χ2v) is 9.77. The summed E-state index contributed by atoms with van der Waals surface area (Å²) in [7, 11) is 0. The zero-order chi connectivity index (χ0) is 23.3. The van der Waals surface area contributed by atoms with Crippen LogP contribution >= 0.6 is 0 Å². The van der Waals surface area contributed by atoms with Gasteiger partial charge in [-0.25, -0.2) is 0 Å². The SMILES string of the molecule is CC[C@]1(c2cccc(-c3ccncc3C)c2)C2=CN=NC2NC2=C1C(=O)NC1(CCOCC1)C2. The van der Waals surface area contributed by atoms with Crippen molar-refractivity contribution in [1.82, 2.24) is 15.6 Å². The van der Waals surface area contributed by atoms with Gasteiger partial charge in [-0.15, -0.1) is 0 Å². The molecule has 7 heteroatoms. The van der Waals surface area contributed by atoms with Gasteiger partial charge in [-0.05, 0) is 60.6 Å². The normalized spacial score (nSPS) is 27.1. The molecule has 2 N–H and O–H groups in total. The Bertz CT molecular complexity index is 1260. The van der Waals surface area contributed by atoms with Crippen molar-refractivity contribution in [3.8, 4) is 11.1 Å². The number of carbonyl (C=O) groups excluding carboxylic acids is 1. The number of hydrogen-bond donors (Lipinski definition) is 2. The number of aryl methyl sites for hydroxylation is 1. The minimum atomic E-state index is -0.595. The van der Waals surface area contributed by atoms with Crippen molar-refractivity contribution < 1.29 is 9.53 Å². The molecule has 5 heterocycles. The molecule has 174 valence electrons. The summed E-state index contributed by atoms with van der Waals surface area (Å²) in [6.07, 6.45) is 8.46. The highest BCUT2D eigenvalue weighted by atomic mass is 16.5. The van der Waals surface area contributed by atoms with E-state index in [4.69, 9.17) is 4.74 Å². The van der Waals surface area contributed by atoms with E-state index in [2.05, 4.69) is 64.0 Å². The molecule has 1 fully saturated rings. The number of azo groups is 1. The monoisotopic (exact) mass is 455 g/mol. The molecule has 1 unspecified atom stereocenters. The predicted octanol–water partition coefficient (Wildman–Crippen LogP) is 4.31. The number of ether oxygens (including phenoxy) is 1. The summed E-state index contributed by atoms with van der Waals surface area (Å²) in [4.78, 5) is 18.2. The molecule has 0 aliphatic carbocycles. The second-order valence-electron chi connectivity index (χ2n) is 9.77. The number of benzene rings is 1. The number of amides is 1. The van der Waals surface area contributed by atoms with Crippen LogP contribution in [0.25, 0.3) is 11.1 Å². The molecule has 2 aromatic rings. The van der Waals surface area contributed by atoms with Crippen LogP contribution in [-0.2, 0) is 14.9 Å². The Balaban J connectivity index is 1.53. The summed E-state index contributed by atoms with van der Waals surface area (Å²) >= 11 is 0. The van der Waals surface area contributed by atoms with Gasteiger partial charge in [0.05, 0.1) is 22.7 Å². The van der Waals surface area contributed by atoms with Crippen LogP contribution in [0, 0.1) is 6.92 Å². The molecule has 4 aliphatic heterocycles. The number of fused-ring (bicyclic) bond motifs is 1. The van der Waals surface area contributed by atoms with Crippen molar-refractivity contribution in [2.45, 2.75) is 56.7 Å². The fourth-order valence-electron chi connectivity index (χ4n) is 6.25. The van der Waals surface area contributed by atoms with Crippen LogP contribution in [0.2, 0.25) is 0 Å². The molecule has 34 heavy (non-hydrogen) atoms. The number of hydrogen-bond acceptors (Lipinski definition) is 6. The van der Waals surface area contributed by atoms with E-state index in [0.29, 0.717) is 13.2 Å². The molecular weight excluding hydrogens is 426 g/mol. The molecular formula is C27H29N5O2. The first kappa shape index (κ1) is 21.2. The van der Waals surface area contributed by atoms with Crippen molar-refractivity contribution in [2.24, 2.45) is 10.2 Å². The summed E-state index contributed by atoms with van der Waals surface area (Å²) in [6, 6.07) is 10.6. The van der Waals surface area contributed by atoms with Crippen LogP contribution in [0.4, 0.5) is 0 Å². The molecule has 1 aromatic carbocycles. The molecule has 0 bridgehead atoms. The molecule has 7 nitrogen and oxygen atoms in total. The van der Waals surface area contributed by atoms with Gasteiger partial charge in [0.25, 0.3) is 5.91 Å². The lowest BCUT2D eigenvalue weighted by Gasteiger charge is -2.50. The minimum Gasteiger partial charge on any atom is -0.381 e. The van der Waals surface area contributed by atoms with Gasteiger partial charge < -0.3 is 15.4 Å². The lowest BCUT2D eigenvalue weighted by Crippen LogP contribution is -2.61. The molecule has 2 atom stereocenters. The molecule has 0 saturated carbocycles. The van der Waals surface area contributed by atoms with Crippen molar-refractivity contribution in [1.29, 1.82) is 0 Å². The van der Waals surface area contributed by atoms with Crippen LogP contribution in [0.3, 0.4) is 0 Å². The quantitative estimate of drug-likeness (QED) is 0.722. The summed E-state index contributed by atoms with van der Waals surface area (Å²) in [6.45, 7) is 5.57. The maximum absolute atomic E-state index is 13.9. The molecule has 4 aliphatic rings. The summed E-state index contributed by atoms with van der Waals surface area (Å²) in [5.74, 6) is 0.00856. The van der Waals surface area contributed by atoms with E-state index in [-0.39, 0.29) is 17.6 Å². The number of carbonyl (C=O) groups is 1. The number of nitrogens with one attached hydrogen (secondary N) is 2. The van der Waals surface area contributed by atoms with Gasteiger partial charge in [-0.3, -0.25) is 9.78 Å². The second kappa shape index (κ2) is 7.87. The van der Waals surface area contributed by atoms with Crippen molar-refractivity contribution in [2.75, 3.05) is 13.2 Å². The average molecular weight is 456 g/mol. The number of pyridine rings is 1. The third-order valence-electron chi connectivity index (χ3n) is 7.99. The lowest BCUT2D eigenvalue weighted by atomic mass is 9.61. The predicted molar refractivity (Wildman–Crippen MR) is 129 cm³/mol. The zero-order valence-electron chi connectivity index (χ0n) is 19.6. The van der Waals surface area contributed by atoms with Crippen LogP contribution in [0.5, 0.6) is 0 Å². The van der Waals surface area contributed by atoms with Crippen LogP contribution < -0.4 is 10.6 Å². The van der Waals surface area contributed by atoms with E-state index in [1.807, 2.05) is 24.7 Å². The summed E-state index contributed by atoms with van der Waals surface area (Å²) < 4.78 is 5.60. The largest absolute Gasteiger partial charge is 0.381 e. The first-order valence-electron chi connectivity index (χ1n) is 12.1. The van der Waals surface area contributed by atoms with Gasteiger partial charge in [0, 0.05) is 43.3 Å². The van der Waals surface area contributed by atoms with E-state index in [9.17, 15) is 4.79 Å². The van der Waals surface area contributed by atoms with Gasteiger partial charge in [0.1, 0.15) is 0 Å². The van der Waals surface area contributed by atoms with Crippen LogP contribution in [-0.4, -0.2) is 35.8 Å². The average Bonchev–Trinajstić information content (AvgIpc) is 3.32. The molecule has 1 amide bonds. The maximum atomic E-state index is 13.9. The van der Waals surface area contributed by atoms with Crippen molar-refractivity contribution in [3.63, 3.8) is 0 Å². The Hall–Kier alpha value is -3.32. The first-order valence-corrected chi connectivity index (χ1v) is 12.1. The van der Waals surface area contributed by atoms with E-state index >= 15 is 0 Å². The van der Waals surface area contributed by atoms with E-state index in [1.54, 1.807) is 0 Å². The fourth-order valence-corrected chi connectivity index (χ4v) is 6.25. The van der Waals surface area contributed by atoms with Gasteiger partial charge in [-0.2, -0.15) is 10.2 Å². The van der Waals surface area contributed by atoms with Crippen LogP contribution in [0.15, 0.2) is 76.0 Å². The molecule has 1 aromatic heterocycles. The van der Waals surface area contributed by atoms with Crippen LogP contribution in [0.1, 0.15) is 43.7 Å². The van der Waals surface area contributed by atoms with E-state index in [0.717, 1.165) is 64.8 Å². The van der Waals surface area contributed by atoms with Gasteiger partial charge in [0.2, 0.25) is 0 Å². The lowest BCUT2D eigenvalue weighted by molar-refractivity contribution is -0.122.